The summed E-state index contributed by atoms with van der Waals surface area (Å²) in [5.74, 6) is -2.65. The van der Waals surface area contributed by atoms with Gasteiger partial charge in [0.05, 0.1) is 10.5 Å². The molecule has 2 N–H and O–H groups in total. The average Bonchev–Trinajstić information content (AvgIpc) is 3.15. The lowest BCUT2D eigenvalue weighted by Gasteiger charge is -2.35. The molecular formula is C23H27ClFN3O4S. The molecule has 0 unspecified atom stereocenters. The number of nitrogens with zero attached hydrogens (tertiary/aromatic N) is 2. The van der Waals surface area contributed by atoms with Gasteiger partial charge in [-0.1, -0.05) is 30.3 Å². The normalized spacial score (nSPS) is 19.3. The molecule has 1 aliphatic heterocycles. The maximum atomic E-state index is 14.7. The highest BCUT2D eigenvalue weighted by Gasteiger charge is 2.51. The van der Waals surface area contributed by atoms with Gasteiger partial charge in [0.1, 0.15) is 23.6 Å². The lowest BCUT2D eigenvalue weighted by Crippen LogP contribution is -2.60. The van der Waals surface area contributed by atoms with Crippen molar-refractivity contribution in [1.82, 2.24) is 4.90 Å². The predicted molar refractivity (Wildman–Crippen MR) is 125 cm³/mol. The first-order valence-electron chi connectivity index (χ1n) is 10.2. The topological polar surface area (TPSA) is 113 Å². The van der Waals surface area contributed by atoms with Crippen molar-refractivity contribution < 1.29 is 22.3 Å². The molecule has 0 spiro atoms. The van der Waals surface area contributed by atoms with E-state index in [0.717, 1.165) is 4.90 Å². The average molecular weight is 496 g/mol. The van der Waals surface area contributed by atoms with E-state index in [1.54, 1.807) is 36.4 Å². The van der Waals surface area contributed by atoms with Crippen LogP contribution in [0.15, 0.2) is 54.6 Å². The third-order valence-corrected chi connectivity index (χ3v) is 8.38. The molecule has 0 bridgehead atoms. The number of benzene rings is 2. The number of ether oxygens (including phenoxy) is 1. The Morgan fingerprint density at radius 2 is 1.88 bits per heavy atom. The molecule has 0 saturated carbocycles. The van der Waals surface area contributed by atoms with Gasteiger partial charge in [0.25, 0.3) is 5.79 Å². The van der Waals surface area contributed by atoms with Crippen LogP contribution in [0.2, 0.25) is 0 Å². The van der Waals surface area contributed by atoms with Crippen LogP contribution in [0.4, 0.5) is 4.39 Å². The van der Waals surface area contributed by atoms with Gasteiger partial charge in [0.15, 0.2) is 9.84 Å². The van der Waals surface area contributed by atoms with Crippen molar-refractivity contribution >= 4 is 28.2 Å². The smallest absolute Gasteiger partial charge is 0.271 e. The second kappa shape index (κ2) is 10.1. The first kappa shape index (κ1) is 26.6. The highest BCUT2D eigenvalue weighted by Crippen LogP contribution is 2.33. The largest absolute Gasteiger partial charge is 0.457 e. The van der Waals surface area contributed by atoms with Crippen LogP contribution in [0.1, 0.15) is 32.3 Å². The Morgan fingerprint density at radius 1 is 1.24 bits per heavy atom. The van der Waals surface area contributed by atoms with E-state index in [2.05, 4.69) is 0 Å². The second-order valence-electron chi connectivity index (χ2n) is 8.37. The summed E-state index contributed by atoms with van der Waals surface area (Å²) in [6.45, 7) is 2.71. The Hall–Kier alpha value is -2.67. The van der Waals surface area contributed by atoms with E-state index in [1.165, 1.54) is 19.9 Å². The number of carbonyl (C=O) groups excluding carboxylic acids is 1. The number of carbonyl (C=O) groups is 1. The monoisotopic (exact) mass is 495 g/mol. The number of halogens is 2. The van der Waals surface area contributed by atoms with Crippen LogP contribution < -0.4 is 10.5 Å². The zero-order valence-corrected chi connectivity index (χ0v) is 20.0. The number of likely N-dealkylation sites (tertiary alicyclic amines) is 1. The van der Waals surface area contributed by atoms with Crippen molar-refractivity contribution in [2.24, 2.45) is 5.73 Å². The highest BCUT2D eigenvalue weighted by molar-refractivity contribution is 7.92. The standard InChI is InChI=1S/C23H26FN3O4S.ClH/c1-22(2,20(26)21(28)27-13-7-12-23(27,24)16-25)32(29,30)15-17-8-6-11-19(14-17)31-18-9-4-3-5-10-18;/h3-6,8-11,14,20H,7,12-13,15,26H2,1-2H3;1H/t20-,23-;/m1./s1. The van der Waals surface area contributed by atoms with Crippen LogP contribution >= 0.6 is 12.4 Å². The van der Waals surface area contributed by atoms with Gasteiger partial charge in [0, 0.05) is 13.0 Å². The van der Waals surface area contributed by atoms with Crippen molar-refractivity contribution in [3.8, 4) is 17.6 Å². The number of amides is 1. The number of nitrogens with two attached hydrogens (primary N) is 1. The quantitative estimate of drug-likeness (QED) is 0.585. The molecule has 2 atom stereocenters. The number of sulfone groups is 1. The minimum Gasteiger partial charge on any atom is -0.457 e. The maximum Gasteiger partial charge on any atom is 0.271 e. The summed E-state index contributed by atoms with van der Waals surface area (Å²) in [4.78, 5) is 13.6. The number of hydrogen-bond acceptors (Lipinski definition) is 6. The van der Waals surface area contributed by atoms with E-state index in [1.807, 2.05) is 18.2 Å². The van der Waals surface area contributed by atoms with Crippen LogP contribution in [0.3, 0.4) is 0 Å². The van der Waals surface area contributed by atoms with Crippen molar-refractivity contribution in [1.29, 1.82) is 5.26 Å². The zero-order chi connectivity index (χ0) is 23.6. The summed E-state index contributed by atoms with van der Waals surface area (Å²) in [6.07, 6.45) is 0.188. The van der Waals surface area contributed by atoms with Gasteiger partial charge in [-0.05, 0) is 50.1 Å². The summed E-state index contributed by atoms with van der Waals surface area (Å²) in [5.41, 5.74) is 6.51. The first-order chi connectivity index (χ1) is 15.0. The Morgan fingerprint density at radius 3 is 2.52 bits per heavy atom. The molecule has 1 saturated heterocycles. The summed E-state index contributed by atoms with van der Waals surface area (Å²) < 4.78 is 45.2. The number of para-hydroxylation sites is 1. The fourth-order valence-electron chi connectivity index (χ4n) is 3.57. The molecule has 2 aromatic rings. The van der Waals surface area contributed by atoms with E-state index in [4.69, 9.17) is 15.7 Å². The van der Waals surface area contributed by atoms with Crippen molar-refractivity contribution in [3.05, 3.63) is 60.2 Å². The number of alkyl halides is 1. The molecule has 0 radical (unpaired) electrons. The third kappa shape index (κ3) is 5.46. The maximum absolute atomic E-state index is 14.7. The molecular weight excluding hydrogens is 469 g/mol. The zero-order valence-electron chi connectivity index (χ0n) is 18.4. The number of hydrogen-bond donors (Lipinski definition) is 1. The third-order valence-electron chi connectivity index (χ3n) is 5.81. The molecule has 33 heavy (non-hydrogen) atoms. The Bertz CT molecular complexity index is 1140. The van der Waals surface area contributed by atoms with Gasteiger partial charge >= 0.3 is 0 Å². The van der Waals surface area contributed by atoms with E-state index in [9.17, 15) is 17.6 Å². The van der Waals surface area contributed by atoms with E-state index >= 15 is 0 Å². The van der Waals surface area contributed by atoms with Gasteiger partial charge in [0.2, 0.25) is 5.91 Å². The summed E-state index contributed by atoms with van der Waals surface area (Å²) in [7, 11) is -3.95. The fraction of sp³-hybridized carbons (Fsp3) is 0.391. The lowest BCUT2D eigenvalue weighted by atomic mass is 10.0. The minimum absolute atomic E-state index is 0. The predicted octanol–water partition coefficient (Wildman–Crippen LogP) is 3.73. The molecule has 7 nitrogen and oxygen atoms in total. The van der Waals surface area contributed by atoms with Gasteiger partial charge < -0.3 is 10.5 Å². The number of rotatable bonds is 7. The molecule has 0 aromatic heterocycles. The fourth-order valence-corrected chi connectivity index (χ4v) is 5.05. The SMILES string of the molecule is CC(C)([C@H](N)C(=O)N1CCC[C@]1(F)C#N)S(=O)(=O)Cc1cccc(Oc2ccccc2)c1.Cl. The molecule has 1 heterocycles. The molecule has 1 fully saturated rings. The van der Waals surface area contributed by atoms with Crippen molar-refractivity contribution in [2.75, 3.05) is 6.54 Å². The first-order valence-corrected chi connectivity index (χ1v) is 11.9. The molecule has 178 valence electrons. The van der Waals surface area contributed by atoms with Crippen LogP contribution in [0.5, 0.6) is 11.5 Å². The van der Waals surface area contributed by atoms with Crippen molar-refractivity contribution in [3.63, 3.8) is 0 Å². The highest BCUT2D eigenvalue weighted by atomic mass is 35.5. The van der Waals surface area contributed by atoms with Crippen LogP contribution in [0.25, 0.3) is 0 Å². The Balaban J connectivity index is 0.00000385. The van der Waals surface area contributed by atoms with Gasteiger partial charge in [-0.3, -0.25) is 9.69 Å². The molecule has 0 aliphatic carbocycles. The second-order valence-corrected chi connectivity index (χ2v) is 10.9. The Kier molecular flexibility index (Phi) is 8.12. The van der Waals surface area contributed by atoms with Gasteiger partial charge in [-0.15, -0.1) is 12.4 Å². The summed E-state index contributed by atoms with van der Waals surface area (Å²) in [6, 6.07) is 15.7. The van der Waals surface area contributed by atoms with E-state index < -0.39 is 32.3 Å². The van der Waals surface area contributed by atoms with E-state index in [0.29, 0.717) is 23.5 Å². The molecule has 10 heteroatoms. The summed E-state index contributed by atoms with van der Waals surface area (Å²) in [5, 5.41) is 9.13. The summed E-state index contributed by atoms with van der Waals surface area (Å²) >= 11 is 0. The number of nitriles is 1. The van der Waals surface area contributed by atoms with Crippen LogP contribution in [-0.4, -0.2) is 42.4 Å². The van der Waals surface area contributed by atoms with E-state index in [-0.39, 0.29) is 31.1 Å². The molecule has 1 amide bonds. The van der Waals surface area contributed by atoms with Crippen molar-refractivity contribution in [2.45, 2.75) is 49.0 Å². The molecule has 2 aromatic carbocycles. The van der Waals surface area contributed by atoms with Gasteiger partial charge in [-0.2, -0.15) is 5.26 Å². The van der Waals surface area contributed by atoms with Crippen LogP contribution in [-0.2, 0) is 20.4 Å². The van der Waals surface area contributed by atoms with Gasteiger partial charge in [-0.25, -0.2) is 12.8 Å². The Labute approximate surface area is 199 Å². The molecule has 1 aliphatic rings. The minimum atomic E-state index is -3.95. The lowest BCUT2D eigenvalue weighted by molar-refractivity contribution is -0.140. The molecule has 3 rings (SSSR count). The van der Waals surface area contributed by atoms with Crippen LogP contribution in [0, 0.1) is 11.3 Å².